The van der Waals surface area contributed by atoms with E-state index in [0.717, 1.165) is 71.0 Å². The Hall–Kier alpha value is -1.14. The number of hydrogen-bond acceptors (Lipinski definition) is 6. The Morgan fingerprint density at radius 1 is 0.519 bits per heavy atom. The van der Waals surface area contributed by atoms with Crippen LogP contribution >= 0.6 is 0 Å². The molecule has 0 unspecified atom stereocenters. The Morgan fingerprint density at radius 3 is 1.33 bits per heavy atom. The molecule has 0 spiro atoms. The number of rotatable bonds is 20. The van der Waals surface area contributed by atoms with Crippen molar-refractivity contribution in [3.8, 4) is 0 Å². The van der Waals surface area contributed by atoms with Gasteiger partial charge in [0.15, 0.2) is 0 Å². The quantitative estimate of drug-likeness (QED) is 0.227. The van der Waals surface area contributed by atoms with E-state index in [1.807, 2.05) is 0 Å². The van der Waals surface area contributed by atoms with Crippen LogP contribution in [0, 0.1) is 0 Å². The minimum absolute atomic E-state index is 0.154. The fourth-order valence-electron chi connectivity index (χ4n) is 2.34. The van der Waals surface area contributed by atoms with Crippen molar-refractivity contribution in [2.45, 2.75) is 84.5 Å². The molecule has 0 aliphatic rings. The maximum atomic E-state index is 11.5. The summed E-state index contributed by atoms with van der Waals surface area (Å²) in [5.74, 6) is -0.308. The van der Waals surface area contributed by atoms with Gasteiger partial charge in [-0.15, -0.1) is 0 Å². The van der Waals surface area contributed by atoms with Crippen LogP contribution in [-0.4, -0.2) is 51.6 Å². The molecule has 160 valence electrons. The van der Waals surface area contributed by atoms with Gasteiger partial charge in [-0.2, -0.15) is 0 Å². The highest BCUT2D eigenvalue weighted by molar-refractivity contribution is 5.69. The zero-order valence-electron chi connectivity index (χ0n) is 17.5. The molecule has 0 aliphatic carbocycles. The predicted molar refractivity (Wildman–Crippen MR) is 106 cm³/mol. The van der Waals surface area contributed by atoms with Gasteiger partial charge in [-0.05, 0) is 25.7 Å². The Kier molecular flexibility index (Phi) is 20.3. The Balaban J connectivity index is 3.27. The van der Waals surface area contributed by atoms with Gasteiger partial charge >= 0.3 is 11.9 Å². The molecule has 0 saturated heterocycles. The molecule has 0 aromatic carbocycles. The first kappa shape index (κ1) is 25.9. The van der Waals surface area contributed by atoms with Crippen LogP contribution in [0.5, 0.6) is 0 Å². The van der Waals surface area contributed by atoms with Crippen molar-refractivity contribution in [3.05, 3.63) is 0 Å². The van der Waals surface area contributed by atoms with Gasteiger partial charge in [0.05, 0.1) is 13.2 Å². The van der Waals surface area contributed by atoms with Gasteiger partial charge in [0.1, 0.15) is 13.2 Å². The fraction of sp³-hybridized carbons (Fsp3) is 0.905. The van der Waals surface area contributed by atoms with Gasteiger partial charge in [-0.3, -0.25) is 9.59 Å². The molecule has 0 rings (SSSR count). The average Bonchev–Trinajstić information content (AvgIpc) is 2.66. The molecular weight excluding hydrogens is 348 g/mol. The fourth-order valence-corrected chi connectivity index (χ4v) is 2.34. The third kappa shape index (κ3) is 21.0. The maximum Gasteiger partial charge on any atom is 0.305 e. The summed E-state index contributed by atoms with van der Waals surface area (Å²) in [6, 6.07) is 0. The summed E-state index contributed by atoms with van der Waals surface area (Å²) in [6.07, 6.45) is 9.82. The number of ether oxygens (including phenoxy) is 4. The van der Waals surface area contributed by atoms with E-state index in [1.54, 1.807) is 0 Å². The van der Waals surface area contributed by atoms with E-state index in [4.69, 9.17) is 18.9 Å². The number of carbonyl (C=O) groups excluding carboxylic acids is 2. The van der Waals surface area contributed by atoms with Crippen LogP contribution in [-0.2, 0) is 28.5 Å². The van der Waals surface area contributed by atoms with Crippen LogP contribution in [0.4, 0.5) is 0 Å². The zero-order valence-corrected chi connectivity index (χ0v) is 17.5. The van der Waals surface area contributed by atoms with Gasteiger partial charge in [-0.1, -0.05) is 46.0 Å². The maximum absolute atomic E-state index is 11.5. The molecule has 6 heteroatoms. The van der Waals surface area contributed by atoms with Crippen molar-refractivity contribution in [3.63, 3.8) is 0 Å². The highest BCUT2D eigenvalue weighted by Gasteiger charge is 2.04. The summed E-state index contributed by atoms with van der Waals surface area (Å²) in [5, 5.41) is 0. The van der Waals surface area contributed by atoms with E-state index < -0.39 is 0 Å². The Labute approximate surface area is 165 Å². The van der Waals surface area contributed by atoms with Crippen LogP contribution in [0.3, 0.4) is 0 Å². The summed E-state index contributed by atoms with van der Waals surface area (Å²) >= 11 is 0. The summed E-state index contributed by atoms with van der Waals surface area (Å²) in [4.78, 5) is 23.1. The smallest absolute Gasteiger partial charge is 0.305 e. The molecule has 0 saturated carbocycles. The molecule has 0 atom stereocenters. The first-order valence-corrected chi connectivity index (χ1v) is 10.7. The van der Waals surface area contributed by atoms with Crippen LogP contribution < -0.4 is 0 Å². The summed E-state index contributed by atoms with van der Waals surface area (Å²) < 4.78 is 20.9. The second-order valence-corrected chi connectivity index (χ2v) is 6.64. The SMILES string of the molecule is CCCCOCCOC(=O)CCCCCCCC(=O)OCCOCCCC. The molecule has 0 N–H and O–H groups in total. The minimum atomic E-state index is -0.154. The second kappa shape index (κ2) is 21.2. The number of esters is 2. The Morgan fingerprint density at radius 2 is 0.926 bits per heavy atom. The van der Waals surface area contributed by atoms with Crippen molar-refractivity contribution < 1.29 is 28.5 Å². The molecule has 0 aromatic rings. The van der Waals surface area contributed by atoms with Crippen LogP contribution in [0.15, 0.2) is 0 Å². The van der Waals surface area contributed by atoms with E-state index >= 15 is 0 Å². The van der Waals surface area contributed by atoms with Gasteiger partial charge in [-0.25, -0.2) is 0 Å². The lowest BCUT2D eigenvalue weighted by atomic mass is 10.1. The predicted octanol–water partition coefficient (Wildman–Crippen LogP) is 4.44. The van der Waals surface area contributed by atoms with Crippen molar-refractivity contribution in [1.82, 2.24) is 0 Å². The first-order chi connectivity index (χ1) is 13.2. The number of carbonyl (C=O) groups is 2. The van der Waals surface area contributed by atoms with Crippen LogP contribution in [0.25, 0.3) is 0 Å². The molecule has 0 aromatic heterocycles. The van der Waals surface area contributed by atoms with Gasteiger partial charge < -0.3 is 18.9 Å². The molecule has 27 heavy (non-hydrogen) atoms. The summed E-state index contributed by atoms with van der Waals surface area (Å²) in [6.45, 7) is 7.33. The van der Waals surface area contributed by atoms with Crippen molar-refractivity contribution >= 4 is 11.9 Å². The summed E-state index contributed by atoms with van der Waals surface area (Å²) in [5.41, 5.74) is 0. The molecule has 0 amide bonds. The largest absolute Gasteiger partial charge is 0.463 e. The van der Waals surface area contributed by atoms with Crippen molar-refractivity contribution in [2.75, 3.05) is 39.6 Å². The lowest BCUT2D eigenvalue weighted by Gasteiger charge is -2.06. The highest BCUT2D eigenvalue weighted by Crippen LogP contribution is 2.08. The molecule has 0 radical (unpaired) electrons. The van der Waals surface area contributed by atoms with Crippen molar-refractivity contribution in [2.24, 2.45) is 0 Å². The van der Waals surface area contributed by atoms with Crippen LogP contribution in [0.2, 0.25) is 0 Å². The third-order valence-electron chi connectivity index (χ3n) is 4.03. The molecule has 0 bridgehead atoms. The number of unbranched alkanes of at least 4 members (excludes halogenated alkanes) is 6. The molecule has 0 aliphatic heterocycles. The van der Waals surface area contributed by atoms with E-state index in [-0.39, 0.29) is 11.9 Å². The van der Waals surface area contributed by atoms with Gasteiger partial charge in [0, 0.05) is 26.1 Å². The van der Waals surface area contributed by atoms with E-state index in [0.29, 0.717) is 39.3 Å². The van der Waals surface area contributed by atoms with Crippen molar-refractivity contribution in [1.29, 1.82) is 0 Å². The normalized spacial score (nSPS) is 10.7. The minimum Gasteiger partial charge on any atom is -0.463 e. The third-order valence-corrected chi connectivity index (χ3v) is 4.03. The molecule has 6 nitrogen and oxygen atoms in total. The lowest BCUT2D eigenvalue weighted by molar-refractivity contribution is -0.146. The standard InChI is InChI=1S/C21H40O6/c1-3-5-14-24-16-18-26-20(22)12-10-8-7-9-11-13-21(23)27-19-17-25-15-6-4-2/h3-19H2,1-2H3. The van der Waals surface area contributed by atoms with E-state index in [2.05, 4.69) is 13.8 Å². The first-order valence-electron chi connectivity index (χ1n) is 10.7. The van der Waals surface area contributed by atoms with Gasteiger partial charge in [0.2, 0.25) is 0 Å². The van der Waals surface area contributed by atoms with E-state index in [1.165, 1.54) is 0 Å². The van der Waals surface area contributed by atoms with Gasteiger partial charge in [0.25, 0.3) is 0 Å². The molecule has 0 fully saturated rings. The van der Waals surface area contributed by atoms with E-state index in [9.17, 15) is 9.59 Å². The lowest BCUT2D eigenvalue weighted by Crippen LogP contribution is -2.11. The number of hydrogen-bond donors (Lipinski definition) is 0. The average molecular weight is 389 g/mol. The zero-order chi connectivity index (χ0) is 20.0. The molecular formula is C21H40O6. The second-order valence-electron chi connectivity index (χ2n) is 6.64. The monoisotopic (exact) mass is 388 g/mol. The molecule has 0 heterocycles. The Bertz CT molecular complexity index is 314. The topological polar surface area (TPSA) is 71.1 Å². The van der Waals surface area contributed by atoms with Crippen LogP contribution in [0.1, 0.15) is 84.5 Å². The summed E-state index contributed by atoms with van der Waals surface area (Å²) in [7, 11) is 0. The highest BCUT2D eigenvalue weighted by atomic mass is 16.6.